The van der Waals surface area contributed by atoms with Crippen LogP contribution < -0.4 is 15.4 Å². The summed E-state index contributed by atoms with van der Waals surface area (Å²) in [7, 11) is 0. The standard InChI is InChI=1S/C30H34N2O5/c1-30(2,3)37-29(35)31-19-18-22-12-15-25(16-13-22)36-20-8-7-9-23-14-17-27(32-28(33)34)26(21-23)24-10-5-4-6-11-24/h4-7,9-17,21,32H,8,18-20H2,1-3H3,(H,31,35)(H,33,34)/b9-7+. The molecule has 0 unspecified atom stereocenters. The number of amides is 2. The number of hydrogen-bond acceptors (Lipinski definition) is 4. The van der Waals surface area contributed by atoms with Gasteiger partial charge in [0.2, 0.25) is 0 Å². The molecule has 0 aromatic heterocycles. The Morgan fingerprint density at radius 1 is 0.973 bits per heavy atom. The number of carboxylic acid groups (broad SMARTS) is 1. The summed E-state index contributed by atoms with van der Waals surface area (Å²) in [6.45, 7) is 6.53. The van der Waals surface area contributed by atoms with E-state index in [1.807, 2.05) is 99.7 Å². The molecule has 0 aliphatic heterocycles. The number of benzene rings is 3. The predicted octanol–water partition coefficient (Wildman–Crippen LogP) is 6.99. The number of carbonyl (C=O) groups is 2. The van der Waals surface area contributed by atoms with Gasteiger partial charge in [-0.2, -0.15) is 0 Å². The number of rotatable bonds is 10. The Morgan fingerprint density at radius 3 is 2.38 bits per heavy atom. The van der Waals surface area contributed by atoms with Gasteiger partial charge in [0, 0.05) is 12.1 Å². The van der Waals surface area contributed by atoms with Gasteiger partial charge in [-0.1, -0.05) is 60.7 Å². The van der Waals surface area contributed by atoms with Crippen LogP contribution in [0, 0.1) is 0 Å². The maximum Gasteiger partial charge on any atom is 0.409 e. The molecule has 3 N–H and O–H groups in total. The van der Waals surface area contributed by atoms with Gasteiger partial charge in [0.1, 0.15) is 11.4 Å². The quantitative estimate of drug-likeness (QED) is 0.260. The highest BCUT2D eigenvalue weighted by Crippen LogP contribution is 2.29. The number of ether oxygens (including phenoxy) is 2. The summed E-state index contributed by atoms with van der Waals surface area (Å²) in [5.41, 5.74) is 3.87. The van der Waals surface area contributed by atoms with E-state index < -0.39 is 17.8 Å². The molecule has 0 spiro atoms. The van der Waals surface area contributed by atoms with Crippen LogP contribution in [0.3, 0.4) is 0 Å². The van der Waals surface area contributed by atoms with Crippen molar-refractivity contribution in [1.82, 2.24) is 5.32 Å². The second kappa shape index (κ2) is 13.2. The smallest absolute Gasteiger partial charge is 0.409 e. The van der Waals surface area contributed by atoms with Gasteiger partial charge in [-0.3, -0.25) is 5.32 Å². The molecule has 0 saturated carbocycles. The lowest BCUT2D eigenvalue weighted by Gasteiger charge is -2.19. The maximum atomic E-state index is 11.7. The van der Waals surface area contributed by atoms with E-state index in [9.17, 15) is 9.59 Å². The molecule has 0 aliphatic rings. The molecular weight excluding hydrogens is 468 g/mol. The van der Waals surface area contributed by atoms with Gasteiger partial charge in [-0.05, 0) is 74.6 Å². The topological polar surface area (TPSA) is 96.9 Å². The van der Waals surface area contributed by atoms with E-state index in [-0.39, 0.29) is 0 Å². The van der Waals surface area contributed by atoms with E-state index in [4.69, 9.17) is 14.6 Å². The van der Waals surface area contributed by atoms with Crippen molar-refractivity contribution in [3.05, 3.63) is 90.0 Å². The molecule has 2 amide bonds. The molecule has 0 aliphatic carbocycles. The molecule has 0 saturated heterocycles. The van der Waals surface area contributed by atoms with E-state index in [2.05, 4.69) is 10.6 Å². The number of hydrogen-bond donors (Lipinski definition) is 3. The molecule has 3 aromatic carbocycles. The lowest BCUT2D eigenvalue weighted by Crippen LogP contribution is -2.33. The van der Waals surface area contributed by atoms with E-state index in [0.717, 1.165) is 34.4 Å². The van der Waals surface area contributed by atoms with Crippen molar-refractivity contribution in [3.8, 4) is 16.9 Å². The van der Waals surface area contributed by atoms with Gasteiger partial charge in [-0.25, -0.2) is 9.59 Å². The van der Waals surface area contributed by atoms with Crippen LogP contribution in [-0.2, 0) is 11.2 Å². The van der Waals surface area contributed by atoms with Crippen molar-refractivity contribution in [1.29, 1.82) is 0 Å². The van der Waals surface area contributed by atoms with Gasteiger partial charge >= 0.3 is 12.2 Å². The fraction of sp³-hybridized carbons (Fsp3) is 0.267. The highest BCUT2D eigenvalue weighted by molar-refractivity contribution is 5.91. The minimum absolute atomic E-state index is 0.412. The molecule has 0 radical (unpaired) electrons. The average molecular weight is 503 g/mol. The molecule has 3 aromatic rings. The van der Waals surface area contributed by atoms with Crippen molar-refractivity contribution in [2.24, 2.45) is 0 Å². The molecule has 7 nitrogen and oxygen atoms in total. The molecule has 194 valence electrons. The summed E-state index contributed by atoms with van der Waals surface area (Å²) in [5, 5.41) is 14.4. The van der Waals surface area contributed by atoms with Gasteiger partial charge in [0.25, 0.3) is 0 Å². The Kier molecular flexibility index (Phi) is 9.72. The van der Waals surface area contributed by atoms with E-state index in [1.165, 1.54) is 0 Å². The zero-order chi connectivity index (χ0) is 26.7. The largest absolute Gasteiger partial charge is 0.493 e. The Bertz CT molecular complexity index is 1200. The summed E-state index contributed by atoms with van der Waals surface area (Å²) < 4.78 is 11.1. The minimum atomic E-state index is -1.09. The van der Waals surface area contributed by atoms with Crippen LogP contribution in [0.1, 0.15) is 38.3 Å². The van der Waals surface area contributed by atoms with Gasteiger partial charge < -0.3 is 19.9 Å². The van der Waals surface area contributed by atoms with Crippen molar-refractivity contribution in [2.45, 2.75) is 39.2 Å². The molecule has 0 heterocycles. The first-order valence-corrected chi connectivity index (χ1v) is 12.2. The van der Waals surface area contributed by atoms with Crippen molar-refractivity contribution < 1.29 is 24.2 Å². The highest BCUT2D eigenvalue weighted by atomic mass is 16.6. The molecule has 0 bridgehead atoms. The number of carbonyl (C=O) groups excluding carboxylic acids is 1. The number of alkyl carbamates (subject to hydrolysis) is 1. The zero-order valence-electron chi connectivity index (χ0n) is 21.5. The number of nitrogens with one attached hydrogen (secondary N) is 2. The van der Waals surface area contributed by atoms with Crippen molar-refractivity contribution >= 4 is 23.9 Å². The predicted molar refractivity (Wildman–Crippen MR) is 147 cm³/mol. The zero-order valence-corrected chi connectivity index (χ0v) is 21.5. The first-order valence-electron chi connectivity index (χ1n) is 12.2. The Balaban J connectivity index is 1.47. The number of anilines is 1. The summed E-state index contributed by atoms with van der Waals surface area (Å²) in [6, 6.07) is 23.1. The van der Waals surface area contributed by atoms with Crippen LogP contribution in [0.2, 0.25) is 0 Å². The first kappa shape index (κ1) is 27.3. The van der Waals surface area contributed by atoms with Crippen LogP contribution >= 0.6 is 0 Å². The monoisotopic (exact) mass is 502 g/mol. The van der Waals surface area contributed by atoms with Crippen LogP contribution in [0.5, 0.6) is 5.75 Å². The summed E-state index contributed by atoms with van der Waals surface area (Å²) in [4.78, 5) is 22.9. The van der Waals surface area contributed by atoms with E-state index >= 15 is 0 Å². The Morgan fingerprint density at radius 2 is 1.70 bits per heavy atom. The normalized spacial score (nSPS) is 11.2. The van der Waals surface area contributed by atoms with E-state index in [1.54, 1.807) is 6.07 Å². The third kappa shape index (κ3) is 9.72. The molecule has 7 heteroatoms. The second-order valence-electron chi connectivity index (χ2n) is 9.46. The van der Waals surface area contributed by atoms with Crippen LogP contribution in [0.15, 0.2) is 78.9 Å². The van der Waals surface area contributed by atoms with Gasteiger partial charge in [-0.15, -0.1) is 0 Å². The average Bonchev–Trinajstić information content (AvgIpc) is 2.84. The lowest BCUT2D eigenvalue weighted by atomic mass is 10.0. The van der Waals surface area contributed by atoms with Crippen molar-refractivity contribution in [3.63, 3.8) is 0 Å². The summed E-state index contributed by atoms with van der Waals surface area (Å²) in [6.07, 6.45) is 3.95. The third-order valence-electron chi connectivity index (χ3n) is 5.24. The fourth-order valence-electron chi connectivity index (χ4n) is 3.59. The summed E-state index contributed by atoms with van der Waals surface area (Å²) >= 11 is 0. The summed E-state index contributed by atoms with van der Waals surface area (Å²) in [5.74, 6) is 0.785. The first-order chi connectivity index (χ1) is 17.7. The Hall–Kier alpha value is -4.26. The minimum Gasteiger partial charge on any atom is -0.493 e. The van der Waals surface area contributed by atoms with Gasteiger partial charge in [0.15, 0.2) is 0 Å². The molecule has 0 fully saturated rings. The van der Waals surface area contributed by atoms with Crippen LogP contribution in [0.25, 0.3) is 17.2 Å². The van der Waals surface area contributed by atoms with E-state index in [0.29, 0.717) is 25.3 Å². The van der Waals surface area contributed by atoms with Crippen molar-refractivity contribution in [2.75, 3.05) is 18.5 Å². The lowest BCUT2D eigenvalue weighted by molar-refractivity contribution is 0.0528. The molecule has 3 rings (SSSR count). The second-order valence-corrected chi connectivity index (χ2v) is 9.46. The molecular formula is C30H34N2O5. The van der Waals surface area contributed by atoms with Gasteiger partial charge in [0.05, 0.1) is 12.3 Å². The SMILES string of the molecule is CC(C)(C)OC(=O)NCCc1ccc(OCC/C=C/c2ccc(NC(=O)O)c(-c3ccccc3)c2)cc1. The Labute approximate surface area is 218 Å². The molecule has 37 heavy (non-hydrogen) atoms. The van der Waals surface area contributed by atoms with Crippen LogP contribution in [-0.4, -0.2) is 36.0 Å². The van der Waals surface area contributed by atoms with Crippen LogP contribution in [0.4, 0.5) is 15.3 Å². The highest BCUT2D eigenvalue weighted by Gasteiger charge is 2.15. The third-order valence-corrected chi connectivity index (χ3v) is 5.24. The fourth-order valence-corrected chi connectivity index (χ4v) is 3.59. The maximum absolute atomic E-state index is 11.7. The molecule has 0 atom stereocenters.